The molecule has 0 bridgehead atoms. The first kappa shape index (κ1) is 19.8. The molecule has 32 heavy (non-hydrogen) atoms. The highest BCUT2D eigenvalue weighted by Gasteiger charge is 2.31. The van der Waals surface area contributed by atoms with Crippen molar-refractivity contribution in [1.29, 1.82) is 0 Å². The molecule has 1 aromatic heterocycles. The maximum atomic E-state index is 11.2. The van der Waals surface area contributed by atoms with Crippen molar-refractivity contribution in [2.24, 2.45) is 4.99 Å². The number of aromatic nitrogens is 1. The van der Waals surface area contributed by atoms with Gasteiger partial charge in [0.05, 0.1) is 34.0 Å². The minimum atomic E-state index is -0.372. The lowest BCUT2D eigenvalue weighted by Gasteiger charge is -2.37. The first-order valence-electron chi connectivity index (χ1n) is 10.4. The maximum absolute atomic E-state index is 11.2. The van der Waals surface area contributed by atoms with Crippen molar-refractivity contribution >= 4 is 23.4 Å². The molecule has 1 unspecified atom stereocenters. The highest BCUT2D eigenvalue weighted by molar-refractivity contribution is 5.88. The molecular weight excluding hydrogens is 400 g/mol. The summed E-state index contributed by atoms with van der Waals surface area (Å²) in [5, 5.41) is 11.2. The molecule has 0 aliphatic carbocycles. The van der Waals surface area contributed by atoms with Crippen molar-refractivity contribution < 1.29 is 4.92 Å². The van der Waals surface area contributed by atoms with Crippen molar-refractivity contribution in [3.8, 4) is 5.69 Å². The Morgan fingerprint density at radius 1 is 0.875 bits per heavy atom. The van der Waals surface area contributed by atoms with Crippen LogP contribution in [0.15, 0.2) is 90.1 Å². The van der Waals surface area contributed by atoms with E-state index < -0.39 is 0 Å². The summed E-state index contributed by atoms with van der Waals surface area (Å²) in [6.45, 7) is 4.12. The fourth-order valence-corrected chi connectivity index (χ4v) is 4.37. The molecule has 0 radical (unpaired) electrons. The molecule has 2 heterocycles. The molecule has 6 heteroatoms. The molecule has 0 amide bonds. The maximum Gasteiger partial charge on any atom is 0.269 e. The fourth-order valence-electron chi connectivity index (χ4n) is 4.37. The van der Waals surface area contributed by atoms with E-state index in [-0.39, 0.29) is 16.7 Å². The van der Waals surface area contributed by atoms with Gasteiger partial charge in [0.2, 0.25) is 0 Å². The number of non-ortho nitro benzene ring substituents is 1. The number of aliphatic imine (C=N–C) groups is 1. The quantitative estimate of drug-likeness (QED) is 0.168. The predicted molar refractivity (Wildman–Crippen MR) is 127 cm³/mol. The van der Waals surface area contributed by atoms with Crippen LogP contribution in [-0.2, 0) is 0 Å². The van der Waals surface area contributed by atoms with Crippen LogP contribution in [0.25, 0.3) is 5.69 Å². The van der Waals surface area contributed by atoms with Gasteiger partial charge in [-0.3, -0.25) is 10.1 Å². The Bertz CT molecular complexity index is 1320. The van der Waals surface area contributed by atoms with Gasteiger partial charge in [-0.25, -0.2) is 4.99 Å². The summed E-state index contributed by atoms with van der Waals surface area (Å²) in [7, 11) is 0. The summed E-state index contributed by atoms with van der Waals surface area (Å²) >= 11 is 0. The summed E-state index contributed by atoms with van der Waals surface area (Å²) in [6.07, 6.45) is 3.93. The Balaban J connectivity index is 1.67. The smallest absolute Gasteiger partial charge is 0.269 e. The number of nitrogens with zero attached hydrogens (tertiary/aromatic N) is 4. The average Bonchev–Trinajstić information content (AvgIpc) is 3.28. The summed E-state index contributed by atoms with van der Waals surface area (Å²) in [6, 6.07) is 25.1. The van der Waals surface area contributed by atoms with Crippen molar-refractivity contribution in [1.82, 2.24) is 4.57 Å². The monoisotopic (exact) mass is 422 g/mol. The van der Waals surface area contributed by atoms with E-state index in [0.29, 0.717) is 0 Å². The van der Waals surface area contributed by atoms with Crippen molar-refractivity contribution in [3.05, 3.63) is 118 Å². The van der Waals surface area contributed by atoms with Crippen LogP contribution in [0.3, 0.4) is 0 Å². The van der Waals surface area contributed by atoms with E-state index in [4.69, 9.17) is 4.99 Å². The van der Waals surface area contributed by atoms with Crippen LogP contribution in [0, 0.1) is 24.0 Å². The third kappa shape index (κ3) is 3.26. The van der Waals surface area contributed by atoms with E-state index in [1.165, 1.54) is 0 Å². The third-order valence-electron chi connectivity index (χ3n) is 5.93. The summed E-state index contributed by atoms with van der Waals surface area (Å²) in [5.41, 5.74) is 7.38. The minimum absolute atomic E-state index is 0.0797. The second-order valence-corrected chi connectivity index (χ2v) is 7.94. The number of anilines is 1. The molecule has 0 N–H and O–H groups in total. The van der Waals surface area contributed by atoms with E-state index in [2.05, 4.69) is 53.6 Å². The molecule has 0 spiro atoms. The van der Waals surface area contributed by atoms with Gasteiger partial charge in [0.25, 0.3) is 5.69 Å². The second-order valence-electron chi connectivity index (χ2n) is 7.94. The van der Waals surface area contributed by atoms with Crippen molar-refractivity contribution in [2.45, 2.75) is 19.9 Å². The highest BCUT2D eigenvalue weighted by atomic mass is 16.6. The topological polar surface area (TPSA) is 63.7 Å². The fraction of sp³-hybridized carbons (Fsp3) is 0.115. The van der Waals surface area contributed by atoms with Gasteiger partial charge in [0.15, 0.2) is 0 Å². The van der Waals surface area contributed by atoms with E-state index in [0.717, 1.165) is 39.4 Å². The van der Waals surface area contributed by atoms with Crippen LogP contribution in [0.2, 0.25) is 0 Å². The lowest BCUT2D eigenvalue weighted by Crippen LogP contribution is -2.34. The summed E-state index contributed by atoms with van der Waals surface area (Å²) in [4.78, 5) is 17.8. The van der Waals surface area contributed by atoms with Gasteiger partial charge in [-0.2, -0.15) is 0 Å². The van der Waals surface area contributed by atoms with Gasteiger partial charge < -0.3 is 9.47 Å². The molecule has 158 valence electrons. The lowest BCUT2D eigenvalue weighted by atomic mass is 9.98. The van der Waals surface area contributed by atoms with Gasteiger partial charge in [-0.1, -0.05) is 30.3 Å². The molecule has 4 aromatic rings. The van der Waals surface area contributed by atoms with E-state index >= 15 is 0 Å². The summed E-state index contributed by atoms with van der Waals surface area (Å²) < 4.78 is 2.17. The zero-order chi connectivity index (χ0) is 22.2. The number of rotatable bonds is 4. The number of hydrogen-bond acceptors (Lipinski definition) is 3. The first-order chi connectivity index (χ1) is 15.5. The van der Waals surface area contributed by atoms with Crippen molar-refractivity contribution in [3.63, 3.8) is 0 Å². The van der Waals surface area contributed by atoms with E-state index in [1.807, 2.05) is 48.9 Å². The van der Waals surface area contributed by atoms with Crippen LogP contribution < -0.4 is 4.90 Å². The Morgan fingerprint density at radius 3 is 2.25 bits per heavy atom. The summed E-state index contributed by atoms with van der Waals surface area (Å²) in [5.74, 6) is 0. The zero-order valence-electron chi connectivity index (χ0n) is 17.8. The van der Waals surface area contributed by atoms with Gasteiger partial charge in [-0.15, -0.1) is 0 Å². The molecule has 0 saturated carbocycles. The van der Waals surface area contributed by atoms with Gasteiger partial charge in [-0.05, 0) is 66.9 Å². The Labute approximate surface area is 186 Å². The van der Waals surface area contributed by atoms with E-state index in [1.54, 1.807) is 12.1 Å². The molecule has 1 atom stereocenters. The Morgan fingerprint density at radius 2 is 1.56 bits per heavy atom. The molecular formula is C26H22N4O2. The number of nitro groups is 1. The van der Waals surface area contributed by atoms with Gasteiger partial charge in [0, 0.05) is 18.3 Å². The molecule has 3 aromatic carbocycles. The number of para-hydroxylation sites is 3. The van der Waals surface area contributed by atoms with Crippen LogP contribution in [0.4, 0.5) is 17.1 Å². The number of aryl methyl sites for hydroxylation is 2. The molecule has 5 rings (SSSR count). The van der Waals surface area contributed by atoms with Crippen LogP contribution in [0.1, 0.15) is 28.4 Å². The molecule has 6 nitrogen and oxygen atoms in total. The SMILES string of the molecule is Cc1cccc(C)c1N=CN1c2ccccc2-n2cccc2C1c1ccc([N+](=O)[O-])cc1. The van der Waals surface area contributed by atoms with Gasteiger partial charge >= 0.3 is 0 Å². The number of hydrogen-bond donors (Lipinski definition) is 0. The van der Waals surface area contributed by atoms with Crippen LogP contribution in [0.5, 0.6) is 0 Å². The van der Waals surface area contributed by atoms with Crippen LogP contribution >= 0.6 is 0 Å². The zero-order valence-corrected chi connectivity index (χ0v) is 17.8. The number of nitro benzene ring substituents is 1. The molecule has 0 saturated heterocycles. The molecule has 1 aliphatic heterocycles. The first-order valence-corrected chi connectivity index (χ1v) is 10.4. The number of benzene rings is 3. The molecule has 1 aliphatic rings. The largest absolute Gasteiger partial charge is 0.317 e. The van der Waals surface area contributed by atoms with Gasteiger partial charge in [0.1, 0.15) is 6.04 Å². The minimum Gasteiger partial charge on any atom is -0.317 e. The number of fused-ring (bicyclic) bond motifs is 3. The van der Waals surface area contributed by atoms with Crippen LogP contribution in [-0.4, -0.2) is 15.8 Å². The van der Waals surface area contributed by atoms with Crippen molar-refractivity contribution in [2.75, 3.05) is 4.90 Å². The Kier molecular flexibility index (Phi) is 4.82. The predicted octanol–water partition coefficient (Wildman–Crippen LogP) is 6.27. The lowest BCUT2D eigenvalue weighted by molar-refractivity contribution is -0.384. The third-order valence-corrected chi connectivity index (χ3v) is 5.93. The second kappa shape index (κ2) is 7.81. The van der Waals surface area contributed by atoms with E-state index in [9.17, 15) is 10.1 Å². The average molecular weight is 422 g/mol. The highest BCUT2D eigenvalue weighted by Crippen LogP contribution is 2.42. The molecule has 0 fully saturated rings. The standard InChI is InChI=1S/C26H22N4O2/c1-18-7-5-8-19(2)25(18)27-17-29-23-10-4-3-9-22(23)28-16-6-11-24(28)26(29)20-12-14-21(15-13-20)30(31)32/h3-17,26H,1-2H3. The normalized spacial score (nSPS) is 14.9. The Hall–Kier alpha value is -4.19.